The highest BCUT2D eigenvalue weighted by atomic mass is 35.5. The van der Waals surface area contributed by atoms with Crippen molar-refractivity contribution in [3.05, 3.63) is 82.0 Å². The number of hydrogen-bond acceptors (Lipinski definition) is 4. The molecule has 6 nitrogen and oxygen atoms in total. The standard InChI is InChI=1S/C20H14Cl2N4O2/c21-15-5-4-14(16(22)9-15)11-23-19-10-17(25-18-6-7-24-26(18)19)12-2-1-3-13(8-12)20(27)28/h1-10,23H,11H2,(H,27,28). The van der Waals surface area contributed by atoms with Crippen molar-refractivity contribution in [2.75, 3.05) is 5.32 Å². The average molecular weight is 413 g/mol. The predicted octanol–water partition coefficient (Wildman–Crippen LogP) is 5.01. The summed E-state index contributed by atoms with van der Waals surface area (Å²) < 4.78 is 1.67. The van der Waals surface area contributed by atoms with Crippen LogP contribution < -0.4 is 5.32 Å². The first-order valence-electron chi connectivity index (χ1n) is 8.37. The molecule has 0 spiro atoms. The fourth-order valence-electron chi connectivity index (χ4n) is 2.85. The summed E-state index contributed by atoms with van der Waals surface area (Å²) in [7, 11) is 0. The van der Waals surface area contributed by atoms with Gasteiger partial charge in [-0.05, 0) is 29.8 Å². The van der Waals surface area contributed by atoms with Crippen LogP contribution in [-0.2, 0) is 6.54 Å². The Morgan fingerprint density at radius 1 is 1.11 bits per heavy atom. The Bertz CT molecular complexity index is 1190. The molecular formula is C20H14Cl2N4O2. The third-order valence-corrected chi connectivity index (χ3v) is 4.83. The van der Waals surface area contributed by atoms with Gasteiger partial charge < -0.3 is 10.4 Å². The maximum atomic E-state index is 11.3. The Morgan fingerprint density at radius 2 is 1.96 bits per heavy atom. The Balaban J connectivity index is 1.71. The lowest BCUT2D eigenvalue weighted by atomic mass is 10.1. The summed E-state index contributed by atoms with van der Waals surface area (Å²) in [6, 6.07) is 15.6. The SMILES string of the molecule is O=C(O)c1cccc(-c2cc(NCc3ccc(Cl)cc3Cl)n3nccc3n2)c1. The molecule has 0 unspecified atom stereocenters. The third-order valence-electron chi connectivity index (χ3n) is 4.24. The molecule has 0 amide bonds. The highest BCUT2D eigenvalue weighted by molar-refractivity contribution is 6.35. The molecule has 8 heteroatoms. The Morgan fingerprint density at radius 3 is 2.75 bits per heavy atom. The molecule has 4 rings (SSSR count). The van der Waals surface area contributed by atoms with Gasteiger partial charge in [0.05, 0.1) is 17.5 Å². The molecule has 2 heterocycles. The van der Waals surface area contributed by atoms with Crippen LogP contribution in [0.25, 0.3) is 16.9 Å². The van der Waals surface area contributed by atoms with Crippen molar-refractivity contribution in [2.24, 2.45) is 0 Å². The van der Waals surface area contributed by atoms with E-state index in [1.54, 1.807) is 47.1 Å². The van der Waals surface area contributed by atoms with E-state index in [0.29, 0.717) is 39.3 Å². The molecule has 0 saturated heterocycles. The largest absolute Gasteiger partial charge is 0.478 e. The van der Waals surface area contributed by atoms with Crippen molar-refractivity contribution in [2.45, 2.75) is 6.54 Å². The first-order valence-corrected chi connectivity index (χ1v) is 9.13. The van der Waals surface area contributed by atoms with Crippen LogP contribution in [0, 0.1) is 0 Å². The zero-order valence-corrected chi connectivity index (χ0v) is 15.9. The summed E-state index contributed by atoms with van der Waals surface area (Å²) in [5, 5.41) is 18.0. The predicted molar refractivity (Wildman–Crippen MR) is 109 cm³/mol. The Hall–Kier alpha value is -3.09. The fourth-order valence-corrected chi connectivity index (χ4v) is 3.32. The van der Waals surface area contributed by atoms with E-state index in [2.05, 4.69) is 15.4 Å². The van der Waals surface area contributed by atoms with E-state index in [0.717, 1.165) is 5.56 Å². The Kier molecular flexibility index (Phi) is 4.90. The summed E-state index contributed by atoms with van der Waals surface area (Å²) in [6.45, 7) is 0.462. The quantitative estimate of drug-likeness (QED) is 0.481. The van der Waals surface area contributed by atoms with Crippen molar-refractivity contribution in [3.63, 3.8) is 0 Å². The van der Waals surface area contributed by atoms with Gasteiger partial charge in [0.25, 0.3) is 0 Å². The zero-order chi connectivity index (χ0) is 19.7. The summed E-state index contributed by atoms with van der Waals surface area (Å²) in [4.78, 5) is 15.8. The molecule has 0 aliphatic heterocycles. The average Bonchev–Trinajstić information content (AvgIpc) is 3.16. The van der Waals surface area contributed by atoms with Crippen LogP contribution in [0.15, 0.2) is 60.8 Å². The van der Waals surface area contributed by atoms with Crippen LogP contribution in [0.3, 0.4) is 0 Å². The molecule has 0 fully saturated rings. The Labute approximate surface area is 170 Å². The number of hydrogen-bond donors (Lipinski definition) is 2. The van der Waals surface area contributed by atoms with Crippen LogP contribution in [0.5, 0.6) is 0 Å². The van der Waals surface area contributed by atoms with Crippen LogP contribution in [0.4, 0.5) is 5.82 Å². The van der Waals surface area contributed by atoms with Gasteiger partial charge in [-0.15, -0.1) is 0 Å². The second-order valence-electron chi connectivity index (χ2n) is 6.10. The molecule has 28 heavy (non-hydrogen) atoms. The lowest BCUT2D eigenvalue weighted by molar-refractivity contribution is 0.0697. The minimum atomic E-state index is -0.983. The summed E-state index contributed by atoms with van der Waals surface area (Å²) in [5.41, 5.74) is 3.08. The number of rotatable bonds is 5. The zero-order valence-electron chi connectivity index (χ0n) is 14.4. The number of halogens is 2. The molecule has 0 saturated carbocycles. The van der Waals surface area contributed by atoms with Gasteiger partial charge in [0, 0.05) is 34.3 Å². The van der Waals surface area contributed by atoms with Gasteiger partial charge in [-0.1, -0.05) is 41.4 Å². The number of carboxylic acid groups (broad SMARTS) is 1. The highest BCUT2D eigenvalue weighted by Gasteiger charge is 2.11. The molecule has 2 aromatic carbocycles. The van der Waals surface area contributed by atoms with Gasteiger partial charge in [-0.25, -0.2) is 9.78 Å². The van der Waals surface area contributed by atoms with Crippen molar-refractivity contribution in [3.8, 4) is 11.3 Å². The van der Waals surface area contributed by atoms with Crippen LogP contribution in [0.1, 0.15) is 15.9 Å². The highest BCUT2D eigenvalue weighted by Crippen LogP contribution is 2.25. The molecule has 0 atom stereocenters. The number of benzene rings is 2. The summed E-state index contributed by atoms with van der Waals surface area (Å²) in [6.07, 6.45) is 1.65. The number of fused-ring (bicyclic) bond motifs is 1. The van der Waals surface area contributed by atoms with Gasteiger partial charge in [-0.3, -0.25) is 0 Å². The fraction of sp³-hybridized carbons (Fsp3) is 0.0500. The van der Waals surface area contributed by atoms with E-state index in [1.165, 1.54) is 0 Å². The maximum absolute atomic E-state index is 11.3. The lowest BCUT2D eigenvalue weighted by Crippen LogP contribution is -2.07. The molecule has 0 aliphatic carbocycles. The topological polar surface area (TPSA) is 79.5 Å². The van der Waals surface area contributed by atoms with Crippen molar-refractivity contribution < 1.29 is 9.90 Å². The number of carbonyl (C=O) groups is 1. The lowest BCUT2D eigenvalue weighted by Gasteiger charge is -2.12. The van der Waals surface area contributed by atoms with Crippen molar-refractivity contribution in [1.29, 1.82) is 0 Å². The number of aromatic nitrogens is 3. The van der Waals surface area contributed by atoms with E-state index < -0.39 is 5.97 Å². The number of nitrogens with one attached hydrogen (secondary N) is 1. The number of nitrogens with zero attached hydrogens (tertiary/aromatic N) is 3. The second-order valence-corrected chi connectivity index (χ2v) is 6.95. The molecule has 0 aliphatic rings. The van der Waals surface area contributed by atoms with E-state index >= 15 is 0 Å². The van der Waals surface area contributed by atoms with Crippen LogP contribution in [-0.4, -0.2) is 25.7 Å². The van der Waals surface area contributed by atoms with Crippen LogP contribution in [0.2, 0.25) is 10.0 Å². The monoisotopic (exact) mass is 412 g/mol. The molecule has 140 valence electrons. The van der Waals surface area contributed by atoms with Gasteiger partial charge in [0.1, 0.15) is 5.82 Å². The summed E-state index contributed by atoms with van der Waals surface area (Å²) in [5.74, 6) is -0.278. The number of aromatic carboxylic acids is 1. The van der Waals surface area contributed by atoms with Gasteiger partial charge >= 0.3 is 5.97 Å². The third kappa shape index (κ3) is 3.65. The molecule has 0 bridgehead atoms. The normalized spacial score (nSPS) is 10.9. The van der Waals surface area contributed by atoms with Gasteiger partial charge in [-0.2, -0.15) is 9.61 Å². The van der Waals surface area contributed by atoms with Gasteiger partial charge in [0.15, 0.2) is 5.65 Å². The molecule has 0 radical (unpaired) electrons. The molecule has 4 aromatic rings. The van der Waals surface area contributed by atoms with Crippen molar-refractivity contribution in [1.82, 2.24) is 14.6 Å². The second kappa shape index (κ2) is 7.50. The van der Waals surface area contributed by atoms with E-state index in [1.807, 2.05) is 18.2 Å². The summed E-state index contributed by atoms with van der Waals surface area (Å²) >= 11 is 12.2. The minimum absolute atomic E-state index is 0.204. The number of anilines is 1. The maximum Gasteiger partial charge on any atom is 0.335 e. The molecule has 2 aromatic heterocycles. The first kappa shape index (κ1) is 18.3. The minimum Gasteiger partial charge on any atom is -0.478 e. The molecular weight excluding hydrogens is 399 g/mol. The van der Waals surface area contributed by atoms with E-state index in [4.69, 9.17) is 23.2 Å². The number of carboxylic acids is 1. The van der Waals surface area contributed by atoms with Crippen molar-refractivity contribution >= 4 is 40.6 Å². The first-order chi connectivity index (χ1) is 13.5. The van der Waals surface area contributed by atoms with Crippen LogP contribution >= 0.6 is 23.2 Å². The van der Waals surface area contributed by atoms with Gasteiger partial charge in [0.2, 0.25) is 0 Å². The van der Waals surface area contributed by atoms with E-state index in [-0.39, 0.29) is 5.56 Å². The molecule has 2 N–H and O–H groups in total. The smallest absolute Gasteiger partial charge is 0.335 e. The van der Waals surface area contributed by atoms with E-state index in [9.17, 15) is 9.90 Å².